The molecule has 16 aromatic carbocycles. The summed E-state index contributed by atoms with van der Waals surface area (Å²) >= 11 is 0. The summed E-state index contributed by atoms with van der Waals surface area (Å²) in [6.07, 6.45) is 5.69. The first-order chi connectivity index (χ1) is 66.1. The van der Waals surface area contributed by atoms with Gasteiger partial charge in [0, 0.05) is 121 Å². The molecule has 0 spiro atoms. The molecule has 24 rings (SSSR count). The van der Waals surface area contributed by atoms with Crippen LogP contribution in [-0.2, 0) is 26.6 Å². The van der Waals surface area contributed by atoms with Crippen molar-refractivity contribution in [1.29, 1.82) is 0 Å². The molecule has 23 aromatic rings. The molecule has 1 aliphatic carbocycles. The Kier molecular flexibility index (Phi) is 47.8. The van der Waals surface area contributed by atoms with Crippen LogP contribution >= 0.6 is 0 Å². The maximum absolute atomic E-state index is 6.17. The third kappa shape index (κ3) is 23.6. The highest BCUT2D eigenvalue weighted by Crippen LogP contribution is 2.51. The molecule has 7 heterocycles. The number of imidazole rings is 1. The van der Waals surface area contributed by atoms with Crippen LogP contribution in [0.5, 0.6) is 0 Å². The summed E-state index contributed by atoms with van der Waals surface area (Å²) in [7, 11) is 6.46. The quantitative estimate of drug-likeness (QED) is 0.154. The van der Waals surface area contributed by atoms with Crippen molar-refractivity contribution in [2.24, 2.45) is 21.1 Å². The molecule has 7 aromatic heterocycles. The summed E-state index contributed by atoms with van der Waals surface area (Å²) in [5.74, 6) is 0. The van der Waals surface area contributed by atoms with E-state index >= 15 is 0 Å². The van der Waals surface area contributed by atoms with E-state index in [1.165, 1.54) is 169 Å². The predicted molar refractivity (Wildman–Crippen MR) is 609 cm³/mol. The minimum atomic E-state index is 0.0660. The van der Waals surface area contributed by atoms with Crippen LogP contribution in [0.4, 0.5) is 0 Å². The second-order valence-electron chi connectivity index (χ2n) is 28.3. The molecular formula is C127H158N6O. The first-order valence-electron chi connectivity index (χ1n) is 50.4. The van der Waals surface area contributed by atoms with Gasteiger partial charge in [0.1, 0.15) is 16.8 Å². The average molecular weight is 1780 g/mol. The predicted octanol–water partition coefficient (Wildman–Crippen LogP) is 40.4. The van der Waals surface area contributed by atoms with Gasteiger partial charge < -0.3 is 27.1 Å². The molecular weight excluding hydrogens is 1630 g/mol. The maximum atomic E-state index is 6.17. The molecule has 0 fully saturated rings. The van der Waals surface area contributed by atoms with Gasteiger partial charge in [0.05, 0.1) is 27.5 Å². The van der Waals surface area contributed by atoms with Crippen molar-refractivity contribution in [2.75, 3.05) is 0 Å². The van der Waals surface area contributed by atoms with Gasteiger partial charge in [-0.05, 0) is 144 Å². The topological polar surface area (TPSA) is 50.2 Å². The Morgan fingerprint density at radius 3 is 1.13 bits per heavy atom. The van der Waals surface area contributed by atoms with Gasteiger partial charge in [-0.1, -0.05) is 469 Å². The van der Waals surface area contributed by atoms with E-state index in [9.17, 15) is 0 Å². The molecule has 0 aliphatic heterocycles. The number of hydrogen-bond acceptors (Lipinski definition) is 2. The van der Waals surface area contributed by atoms with Gasteiger partial charge in [0.15, 0.2) is 0 Å². The van der Waals surface area contributed by atoms with E-state index < -0.39 is 0 Å². The number of benzene rings is 16. The Bertz CT molecular complexity index is 7070. The lowest BCUT2D eigenvalue weighted by Crippen LogP contribution is -2.14. The normalized spacial score (nSPS) is 10.3. The summed E-state index contributed by atoms with van der Waals surface area (Å²) in [6, 6.07) is 121. The molecule has 7 nitrogen and oxygen atoms in total. The van der Waals surface area contributed by atoms with Crippen LogP contribution in [0, 0.1) is 0 Å². The summed E-state index contributed by atoms with van der Waals surface area (Å²) in [4.78, 5) is 4.08. The van der Waals surface area contributed by atoms with Gasteiger partial charge in [-0.25, -0.2) is 4.98 Å². The number of rotatable bonds is 1. The number of pyridine rings is 1. The summed E-state index contributed by atoms with van der Waals surface area (Å²) in [5, 5.41) is 23.5. The van der Waals surface area contributed by atoms with Crippen molar-refractivity contribution in [2.45, 2.75) is 213 Å². The minimum Gasteiger partial charge on any atom is -0.455 e. The zero-order valence-corrected chi connectivity index (χ0v) is 87.7. The van der Waals surface area contributed by atoms with Gasteiger partial charge in [-0.2, -0.15) is 0 Å². The SMILES string of the molecule is CC.CC.CC.CC.CC.CC.CC.CC.CC.CC.CC.CC.CC.CC.Cn1c2ccccc2c2c3oc4ccccc4c3ccc21.Cn1c2ccccc2c2cc3c(cc21)C(C)(C)c1ccccc1-3.Cn1c2ccccc2c2ccc3c4ccccc4n(-c4ccccc4)c3c21.c1cc2ccc3cccc4ccc(c1)c2c34.c1ccc2ccccc2c1.c1ccn2ccnc2c1. The van der Waals surface area contributed by atoms with Gasteiger partial charge in [-0.15, -0.1) is 0 Å². The molecule has 0 bridgehead atoms. The van der Waals surface area contributed by atoms with Crippen LogP contribution < -0.4 is 0 Å². The molecule has 134 heavy (non-hydrogen) atoms. The zero-order chi connectivity index (χ0) is 99.2. The van der Waals surface area contributed by atoms with Gasteiger partial charge >= 0.3 is 0 Å². The molecule has 0 saturated carbocycles. The Morgan fingerprint density at radius 2 is 0.619 bits per heavy atom. The van der Waals surface area contributed by atoms with Crippen molar-refractivity contribution < 1.29 is 4.42 Å². The van der Waals surface area contributed by atoms with Crippen LogP contribution in [0.25, 0.3) is 175 Å². The third-order valence-corrected chi connectivity index (χ3v) is 22.1. The largest absolute Gasteiger partial charge is 0.455 e. The highest BCUT2D eigenvalue weighted by Gasteiger charge is 2.36. The Balaban J connectivity index is 0.000000276. The Hall–Kier alpha value is -13.5. The highest BCUT2D eigenvalue weighted by molar-refractivity contribution is 6.26. The molecule has 0 atom stereocenters. The van der Waals surface area contributed by atoms with E-state index in [0.717, 1.165) is 16.8 Å². The number of aromatic nitrogens is 6. The van der Waals surface area contributed by atoms with E-state index in [2.05, 4.69) is 368 Å². The fourth-order valence-corrected chi connectivity index (χ4v) is 17.0. The molecule has 1 aliphatic rings. The van der Waals surface area contributed by atoms with Crippen LogP contribution in [0.15, 0.2) is 363 Å². The number of furan rings is 1. The van der Waals surface area contributed by atoms with E-state index in [4.69, 9.17) is 4.42 Å². The Morgan fingerprint density at radius 1 is 0.239 bits per heavy atom. The molecule has 702 valence electrons. The number of nitrogens with zero attached hydrogens (tertiary/aromatic N) is 6. The first kappa shape index (κ1) is 111. The van der Waals surface area contributed by atoms with E-state index in [-0.39, 0.29) is 5.41 Å². The lowest BCUT2D eigenvalue weighted by atomic mass is 9.82. The lowest BCUT2D eigenvalue weighted by Gasteiger charge is -2.21. The Labute approximate surface area is 805 Å². The standard InChI is InChI=1S/C25H18N2.C22H19N.C19H13NO.C16H10.C10H8.C7H6N2.14C2H6/c1-26-22-13-7-5-11-18(22)20-15-16-21-19-12-6-8-14-23(19)27(25(21)24(20)26)17-9-3-2-4-10-17;1-22(2)18-10-6-4-8-14(18)16-12-17-15-9-5-7-11-20(15)23(3)21(17)13-19(16)22;1-20-15-8-4-2-7-14(15)18-16(20)11-10-13-12-6-3-5-9-17(12)21-19(13)18;1-3-11-7-9-13-5-2-6-14-10-8-12(4-1)15(11)16(13)14;1-2-6-10-8-4-3-7-9(10)5-1;1-2-5-9-6-4-8-7(9)3-1;14*1-2/h2-16H,1H3;4-13H,1-3H3;2-11H,1H3;1-10H;1-8H;1-6H;14*1-2H3. The molecule has 0 N–H and O–H groups in total. The van der Waals surface area contributed by atoms with E-state index in [1.54, 1.807) is 6.20 Å². The van der Waals surface area contributed by atoms with Crippen molar-refractivity contribution in [3.8, 4) is 16.8 Å². The molecule has 0 saturated heterocycles. The second kappa shape index (κ2) is 57.7. The van der Waals surface area contributed by atoms with Gasteiger partial charge in [-0.3, -0.25) is 0 Å². The van der Waals surface area contributed by atoms with E-state index in [0.29, 0.717) is 0 Å². The van der Waals surface area contributed by atoms with Crippen LogP contribution in [0.2, 0.25) is 0 Å². The smallest absolute Gasteiger partial charge is 0.145 e. The lowest BCUT2D eigenvalue weighted by molar-refractivity contribution is 0.661. The average Bonchev–Trinajstić information content (AvgIpc) is 1.53. The van der Waals surface area contributed by atoms with Crippen molar-refractivity contribution in [1.82, 2.24) is 27.7 Å². The van der Waals surface area contributed by atoms with Crippen LogP contribution in [0.3, 0.4) is 0 Å². The fraction of sp³-hybridized carbons (Fsp3) is 0.268. The number of aryl methyl sites for hydroxylation is 3. The summed E-state index contributed by atoms with van der Waals surface area (Å²) in [5.41, 5.74) is 20.0. The van der Waals surface area contributed by atoms with Gasteiger partial charge in [0.25, 0.3) is 0 Å². The van der Waals surface area contributed by atoms with Crippen molar-refractivity contribution in [3.05, 3.63) is 369 Å². The number of fused-ring (bicyclic) bond motifs is 22. The van der Waals surface area contributed by atoms with Crippen molar-refractivity contribution >= 4 is 158 Å². The van der Waals surface area contributed by atoms with Crippen LogP contribution in [-0.4, -0.2) is 27.7 Å². The summed E-state index contributed by atoms with van der Waals surface area (Å²) < 4.78 is 17.5. The van der Waals surface area contributed by atoms with E-state index in [1.807, 2.05) is 241 Å². The van der Waals surface area contributed by atoms with Crippen molar-refractivity contribution in [3.63, 3.8) is 0 Å². The molecule has 0 unspecified atom stereocenters. The molecule has 7 heteroatoms. The number of hydrogen-bond donors (Lipinski definition) is 0. The molecule has 0 radical (unpaired) electrons. The minimum absolute atomic E-state index is 0.0660. The fourth-order valence-electron chi connectivity index (χ4n) is 17.0. The highest BCUT2D eigenvalue weighted by atomic mass is 16.3. The zero-order valence-electron chi connectivity index (χ0n) is 87.7. The first-order valence-corrected chi connectivity index (χ1v) is 50.4. The second-order valence-corrected chi connectivity index (χ2v) is 28.3. The maximum Gasteiger partial charge on any atom is 0.145 e. The van der Waals surface area contributed by atoms with Crippen LogP contribution in [0.1, 0.15) is 219 Å². The summed E-state index contributed by atoms with van der Waals surface area (Å²) in [6.45, 7) is 60.7. The third-order valence-electron chi connectivity index (χ3n) is 22.1. The molecule has 0 amide bonds. The number of para-hydroxylation sites is 6. The van der Waals surface area contributed by atoms with Gasteiger partial charge in [0.2, 0.25) is 0 Å². The monoisotopic (exact) mass is 1780 g/mol.